The number of nitrogen functional groups attached to an aromatic ring is 1. The van der Waals surface area contributed by atoms with Gasteiger partial charge in [0.2, 0.25) is 0 Å². The van der Waals surface area contributed by atoms with E-state index in [-0.39, 0.29) is 57.0 Å². The summed E-state index contributed by atoms with van der Waals surface area (Å²) in [5.74, 6) is -0.313. The molecule has 2 N–H and O–H groups in total. The Bertz CT molecular complexity index is 1910. The van der Waals surface area contributed by atoms with E-state index in [1.165, 1.54) is 12.1 Å². The van der Waals surface area contributed by atoms with Gasteiger partial charge >= 0.3 is 6.01 Å². The number of benzene rings is 2. The van der Waals surface area contributed by atoms with E-state index in [1.807, 2.05) is 0 Å². The number of nitrogens with two attached hydrogens (primary N) is 1. The number of hydrogen-bond donors (Lipinski definition) is 1. The van der Waals surface area contributed by atoms with E-state index in [4.69, 9.17) is 24.9 Å². The first-order valence-corrected chi connectivity index (χ1v) is 16.0. The van der Waals surface area contributed by atoms with Gasteiger partial charge in [-0.2, -0.15) is 15.2 Å². The number of nitrogens with zero attached hydrogens (tertiary/aromatic N) is 5. The summed E-state index contributed by atoms with van der Waals surface area (Å²) in [6, 6.07) is 4.59. The van der Waals surface area contributed by atoms with Gasteiger partial charge in [-0.05, 0) is 44.4 Å². The SMILES string of the molecule is Cc1c(-c2ccc(F)c3sc(N)c(C#N)c23)c(F)c2nc(OC[C@@]34CCCN3C[C@H](F)C4)nc3c2c1OCC1COCCCN31. The lowest BCUT2D eigenvalue weighted by Crippen LogP contribution is -2.43. The van der Waals surface area contributed by atoms with Crippen LogP contribution in [0, 0.1) is 29.9 Å². The lowest BCUT2D eigenvalue weighted by atomic mass is 9.92. The molecule has 2 aromatic heterocycles. The summed E-state index contributed by atoms with van der Waals surface area (Å²) in [6.07, 6.45) is 1.96. The monoisotopic (exact) mass is 636 g/mol. The maximum Gasteiger partial charge on any atom is 0.319 e. The fraction of sp³-hybridized carbons (Fsp3) is 0.469. The molecule has 3 atom stereocenters. The zero-order chi connectivity index (χ0) is 31.0. The van der Waals surface area contributed by atoms with Crippen LogP contribution in [0.15, 0.2) is 12.1 Å². The highest BCUT2D eigenvalue weighted by Crippen LogP contribution is 2.49. The molecule has 9 nitrogen and oxygen atoms in total. The Morgan fingerprint density at radius 2 is 2.07 bits per heavy atom. The average molecular weight is 637 g/mol. The first kappa shape index (κ1) is 28.6. The van der Waals surface area contributed by atoms with E-state index in [9.17, 15) is 14.0 Å². The van der Waals surface area contributed by atoms with Crippen LogP contribution < -0.4 is 20.1 Å². The zero-order valence-electron chi connectivity index (χ0n) is 24.7. The maximum atomic E-state index is 17.1. The van der Waals surface area contributed by atoms with Gasteiger partial charge in [-0.3, -0.25) is 4.90 Å². The van der Waals surface area contributed by atoms with E-state index in [0.717, 1.165) is 37.1 Å². The van der Waals surface area contributed by atoms with Gasteiger partial charge in [0.25, 0.3) is 0 Å². The summed E-state index contributed by atoms with van der Waals surface area (Å²) >= 11 is 0.954. The fourth-order valence-corrected chi connectivity index (χ4v) is 8.68. The van der Waals surface area contributed by atoms with E-state index in [2.05, 4.69) is 20.9 Å². The Kier molecular flexibility index (Phi) is 6.74. The highest BCUT2D eigenvalue weighted by molar-refractivity contribution is 7.23. The van der Waals surface area contributed by atoms with Gasteiger partial charge in [0.05, 0.1) is 33.8 Å². The van der Waals surface area contributed by atoms with Crippen molar-refractivity contribution in [2.45, 2.75) is 50.4 Å². The topological polar surface area (TPSA) is 110 Å². The Balaban J connectivity index is 1.35. The average Bonchev–Trinajstić information content (AvgIpc) is 3.55. The molecule has 13 heteroatoms. The molecule has 0 aliphatic carbocycles. The lowest BCUT2D eigenvalue weighted by molar-refractivity contribution is 0.107. The lowest BCUT2D eigenvalue weighted by Gasteiger charge is -2.31. The first-order valence-electron chi connectivity index (χ1n) is 15.2. The number of alkyl halides is 1. The molecule has 0 radical (unpaired) electrons. The van der Waals surface area contributed by atoms with Crippen LogP contribution in [0.5, 0.6) is 11.8 Å². The second kappa shape index (κ2) is 10.6. The standard InChI is InChI=1S/C32H31F3N6O3S/c1-16-22(19-4-5-21(34)28-23(19)20(11-36)29(37)45-28)25(35)26-24-27(16)43-14-18-13-42-9-3-8-41(18)30(24)39-31(38-26)44-15-32-6-2-7-40(32)12-17(33)10-32/h4-5,17-18H,2-3,6-10,12-15,37H2,1H3/t17-,18?,32+/m1/s1. The molecule has 3 saturated heterocycles. The third-order valence-corrected chi connectivity index (χ3v) is 10.8. The van der Waals surface area contributed by atoms with Crippen LogP contribution in [0.2, 0.25) is 0 Å². The van der Waals surface area contributed by atoms with Crippen molar-refractivity contribution in [1.82, 2.24) is 14.9 Å². The Labute approximate surface area is 261 Å². The third-order valence-electron chi connectivity index (χ3n) is 9.80. The van der Waals surface area contributed by atoms with Gasteiger partial charge in [-0.25, -0.2) is 13.2 Å². The van der Waals surface area contributed by atoms with Gasteiger partial charge in [0.15, 0.2) is 5.82 Å². The van der Waals surface area contributed by atoms with Gasteiger partial charge in [-0.1, -0.05) is 6.07 Å². The van der Waals surface area contributed by atoms with Crippen LogP contribution in [0.25, 0.3) is 32.1 Å². The number of nitriles is 1. The molecule has 4 aliphatic rings. The summed E-state index contributed by atoms with van der Waals surface area (Å²) in [6.45, 7) is 4.98. The van der Waals surface area contributed by atoms with Crippen molar-refractivity contribution in [2.75, 3.05) is 56.7 Å². The van der Waals surface area contributed by atoms with Crippen molar-refractivity contribution in [2.24, 2.45) is 0 Å². The quantitative estimate of drug-likeness (QED) is 0.311. The van der Waals surface area contributed by atoms with E-state index >= 15 is 4.39 Å². The van der Waals surface area contributed by atoms with E-state index in [0.29, 0.717) is 60.8 Å². The van der Waals surface area contributed by atoms with Gasteiger partial charge in [0, 0.05) is 42.6 Å². The summed E-state index contributed by atoms with van der Waals surface area (Å²) in [5, 5.41) is 10.7. The van der Waals surface area contributed by atoms with Crippen LogP contribution >= 0.6 is 11.3 Å². The molecule has 3 fully saturated rings. The third kappa shape index (κ3) is 4.33. The van der Waals surface area contributed by atoms with Crippen LogP contribution in [-0.4, -0.2) is 78.7 Å². The molecule has 0 amide bonds. The minimum atomic E-state index is -0.923. The number of hydrogen-bond acceptors (Lipinski definition) is 10. The summed E-state index contributed by atoms with van der Waals surface area (Å²) < 4.78 is 65.3. The van der Waals surface area contributed by atoms with Gasteiger partial charge in [0.1, 0.15) is 53.4 Å². The molecule has 0 spiro atoms. The van der Waals surface area contributed by atoms with Gasteiger partial charge in [-0.15, -0.1) is 11.3 Å². The molecule has 4 aliphatic heterocycles. The number of thiophene rings is 1. The zero-order valence-corrected chi connectivity index (χ0v) is 25.5. The molecule has 6 heterocycles. The Hall–Kier alpha value is -3.86. The van der Waals surface area contributed by atoms with Crippen molar-refractivity contribution in [3.05, 3.63) is 34.9 Å². The predicted molar refractivity (Wildman–Crippen MR) is 165 cm³/mol. The fourth-order valence-electron chi connectivity index (χ4n) is 7.74. The van der Waals surface area contributed by atoms with Crippen LogP contribution in [0.3, 0.4) is 0 Å². The predicted octanol–water partition coefficient (Wildman–Crippen LogP) is 5.49. The van der Waals surface area contributed by atoms with Crippen LogP contribution in [-0.2, 0) is 4.74 Å². The van der Waals surface area contributed by atoms with Crippen molar-refractivity contribution in [3.8, 4) is 29.0 Å². The molecule has 0 bridgehead atoms. The number of fused-ring (bicyclic) bond motifs is 4. The van der Waals surface area contributed by atoms with Crippen molar-refractivity contribution in [1.29, 1.82) is 5.26 Å². The molecule has 234 valence electrons. The highest BCUT2D eigenvalue weighted by atomic mass is 32.1. The van der Waals surface area contributed by atoms with Gasteiger partial charge < -0.3 is 24.8 Å². The molecule has 1 unspecified atom stereocenters. The maximum absolute atomic E-state index is 17.1. The molecule has 2 aromatic carbocycles. The van der Waals surface area contributed by atoms with Crippen molar-refractivity contribution >= 4 is 43.1 Å². The second-order valence-electron chi connectivity index (χ2n) is 12.4. The second-order valence-corrected chi connectivity index (χ2v) is 13.5. The molecular weight excluding hydrogens is 605 g/mol. The normalized spacial score (nSPS) is 24.6. The number of anilines is 2. The largest absolute Gasteiger partial charge is 0.490 e. The summed E-state index contributed by atoms with van der Waals surface area (Å²) in [5.41, 5.74) is 6.68. The van der Waals surface area contributed by atoms with E-state index in [1.54, 1.807) is 6.92 Å². The number of rotatable bonds is 4. The summed E-state index contributed by atoms with van der Waals surface area (Å²) in [4.78, 5) is 13.7. The molecule has 4 aromatic rings. The van der Waals surface area contributed by atoms with E-state index < -0.39 is 23.3 Å². The number of aromatic nitrogens is 2. The molecule has 0 saturated carbocycles. The Morgan fingerprint density at radius 3 is 2.91 bits per heavy atom. The smallest absolute Gasteiger partial charge is 0.319 e. The van der Waals surface area contributed by atoms with Crippen LogP contribution in [0.1, 0.15) is 36.8 Å². The van der Waals surface area contributed by atoms with Crippen molar-refractivity contribution < 1.29 is 27.4 Å². The molecule has 45 heavy (non-hydrogen) atoms. The minimum absolute atomic E-state index is 0.00625. The highest BCUT2D eigenvalue weighted by Gasteiger charge is 2.49. The molecular formula is C32H31F3N6O3S. The first-order chi connectivity index (χ1) is 21.8. The molecule has 8 rings (SSSR count). The number of halogens is 3. The Morgan fingerprint density at radius 1 is 1.20 bits per heavy atom. The van der Waals surface area contributed by atoms with Crippen molar-refractivity contribution in [3.63, 3.8) is 0 Å². The number of ether oxygens (including phenoxy) is 3. The minimum Gasteiger partial charge on any atom is -0.490 e. The summed E-state index contributed by atoms with van der Waals surface area (Å²) in [7, 11) is 0. The van der Waals surface area contributed by atoms with Crippen LogP contribution in [0.4, 0.5) is 24.0 Å².